The highest BCUT2D eigenvalue weighted by molar-refractivity contribution is 7.98. The van der Waals surface area contributed by atoms with Crippen LogP contribution >= 0.6 is 11.8 Å². The van der Waals surface area contributed by atoms with Gasteiger partial charge in [-0.05, 0) is 31.9 Å². The van der Waals surface area contributed by atoms with Crippen LogP contribution in [-0.2, 0) is 22.7 Å². The lowest BCUT2D eigenvalue weighted by Gasteiger charge is -2.17. The number of rotatable bonds is 2. The number of aryl methyl sites for hydroxylation is 1. The van der Waals surface area contributed by atoms with Crippen molar-refractivity contribution >= 4 is 21.6 Å². The Kier molecular flexibility index (Phi) is 3.21. The molecule has 0 saturated heterocycles. The van der Waals surface area contributed by atoms with Crippen molar-refractivity contribution in [2.75, 3.05) is 12.5 Å². The fourth-order valence-corrected chi connectivity index (χ4v) is 3.30. The van der Waals surface area contributed by atoms with Gasteiger partial charge in [0, 0.05) is 17.5 Å². The van der Waals surface area contributed by atoms with Crippen molar-refractivity contribution in [3.8, 4) is 0 Å². The van der Waals surface area contributed by atoms with Crippen LogP contribution in [0.25, 0.3) is 0 Å². The highest BCUT2D eigenvalue weighted by atomic mass is 32.2. The molecule has 88 valence electrons. The van der Waals surface area contributed by atoms with Crippen molar-refractivity contribution in [1.29, 1.82) is 0 Å². The van der Waals surface area contributed by atoms with Gasteiger partial charge in [0.1, 0.15) is 0 Å². The molecule has 2 rings (SSSR count). The lowest BCUT2D eigenvalue weighted by Crippen LogP contribution is -2.15. The molecule has 0 atom stereocenters. The molecule has 1 aromatic heterocycles. The Balaban J connectivity index is 2.66. The number of aromatic nitrogens is 2. The number of sulfone groups is 1. The second kappa shape index (κ2) is 4.33. The largest absolute Gasteiger partial charge is 0.227 e. The van der Waals surface area contributed by atoms with Crippen molar-refractivity contribution in [3.05, 3.63) is 11.3 Å². The van der Waals surface area contributed by atoms with Crippen molar-refractivity contribution in [3.63, 3.8) is 0 Å². The normalized spacial score (nSPS) is 15.9. The van der Waals surface area contributed by atoms with E-state index in [0.717, 1.165) is 36.9 Å². The Morgan fingerprint density at radius 1 is 1.19 bits per heavy atom. The molecule has 0 unspecified atom stereocenters. The molecule has 1 aromatic rings. The predicted molar refractivity (Wildman–Crippen MR) is 63.6 cm³/mol. The Morgan fingerprint density at radius 3 is 2.50 bits per heavy atom. The summed E-state index contributed by atoms with van der Waals surface area (Å²) in [6, 6.07) is 0. The standard InChI is InChI=1S/C10H14N2O2S2/c1-15-10-11-8-6-4-3-5-7(8)9(12-10)16(2,13)14/h3-6H2,1-2H3. The van der Waals surface area contributed by atoms with Crippen LogP contribution in [0, 0.1) is 0 Å². The maximum Gasteiger partial charge on any atom is 0.193 e. The van der Waals surface area contributed by atoms with Crippen LogP contribution in [0.15, 0.2) is 10.2 Å². The van der Waals surface area contributed by atoms with Gasteiger partial charge in [-0.3, -0.25) is 0 Å². The highest BCUT2D eigenvalue weighted by Gasteiger charge is 2.23. The Bertz CT molecular complexity index is 512. The van der Waals surface area contributed by atoms with Gasteiger partial charge >= 0.3 is 0 Å². The van der Waals surface area contributed by atoms with E-state index in [9.17, 15) is 8.42 Å². The summed E-state index contributed by atoms with van der Waals surface area (Å²) < 4.78 is 23.3. The molecular formula is C10H14N2O2S2. The topological polar surface area (TPSA) is 59.9 Å². The van der Waals surface area contributed by atoms with Crippen LogP contribution in [0.1, 0.15) is 24.1 Å². The van der Waals surface area contributed by atoms with E-state index < -0.39 is 9.84 Å². The molecule has 16 heavy (non-hydrogen) atoms. The minimum absolute atomic E-state index is 0.238. The summed E-state index contributed by atoms with van der Waals surface area (Å²) in [5, 5.41) is 0.794. The first-order valence-electron chi connectivity index (χ1n) is 5.16. The fourth-order valence-electron chi connectivity index (χ4n) is 1.94. The fraction of sp³-hybridized carbons (Fsp3) is 0.600. The summed E-state index contributed by atoms with van der Waals surface area (Å²) in [5.41, 5.74) is 1.76. The molecule has 6 heteroatoms. The number of thioether (sulfide) groups is 1. The molecular weight excluding hydrogens is 244 g/mol. The van der Waals surface area contributed by atoms with Gasteiger partial charge in [-0.1, -0.05) is 11.8 Å². The molecule has 1 aliphatic rings. The highest BCUT2D eigenvalue weighted by Crippen LogP contribution is 2.26. The zero-order chi connectivity index (χ0) is 11.8. The molecule has 0 aliphatic heterocycles. The van der Waals surface area contributed by atoms with Gasteiger partial charge in [0.2, 0.25) is 0 Å². The molecule has 0 spiro atoms. The van der Waals surface area contributed by atoms with E-state index in [2.05, 4.69) is 9.97 Å². The number of hydrogen-bond donors (Lipinski definition) is 0. The molecule has 0 fully saturated rings. The number of hydrogen-bond acceptors (Lipinski definition) is 5. The summed E-state index contributed by atoms with van der Waals surface area (Å²) in [6.45, 7) is 0. The van der Waals surface area contributed by atoms with E-state index in [4.69, 9.17) is 0 Å². The van der Waals surface area contributed by atoms with E-state index in [1.165, 1.54) is 18.0 Å². The zero-order valence-corrected chi connectivity index (χ0v) is 11.0. The summed E-state index contributed by atoms with van der Waals surface area (Å²) in [4.78, 5) is 8.53. The second-order valence-corrected chi connectivity index (χ2v) is 6.62. The summed E-state index contributed by atoms with van der Waals surface area (Å²) in [7, 11) is -3.24. The van der Waals surface area contributed by atoms with Gasteiger partial charge in [0.15, 0.2) is 20.0 Å². The van der Waals surface area contributed by atoms with Crippen molar-refractivity contribution in [2.24, 2.45) is 0 Å². The Morgan fingerprint density at radius 2 is 1.88 bits per heavy atom. The first kappa shape index (κ1) is 11.9. The minimum atomic E-state index is -3.24. The number of nitrogens with zero attached hydrogens (tertiary/aromatic N) is 2. The van der Waals surface area contributed by atoms with Gasteiger partial charge in [-0.15, -0.1) is 0 Å². The van der Waals surface area contributed by atoms with Crippen molar-refractivity contribution < 1.29 is 8.42 Å². The average Bonchev–Trinajstić information content (AvgIpc) is 2.26. The van der Waals surface area contributed by atoms with E-state index in [1.54, 1.807) is 0 Å². The zero-order valence-electron chi connectivity index (χ0n) is 9.36. The molecule has 1 aliphatic carbocycles. The van der Waals surface area contributed by atoms with Crippen LogP contribution in [0.4, 0.5) is 0 Å². The monoisotopic (exact) mass is 258 g/mol. The van der Waals surface area contributed by atoms with Crippen molar-refractivity contribution in [2.45, 2.75) is 35.9 Å². The summed E-state index contributed by atoms with van der Waals surface area (Å²) >= 11 is 1.39. The third kappa shape index (κ3) is 2.22. The van der Waals surface area contributed by atoms with Crippen LogP contribution in [0.2, 0.25) is 0 Å². The summed E-state index contributed by atoms with van der Waals surface area (Å²) in [5.74, 6) is 0. The minimum Gasteiger partial charge on any atom is -0.227 e. The van der Waals surface area contributed by atoms with Gasteiger partial charge < -0.3 is 0 Å². The molecule has 1 heterocycles. The lowest BCUT2D eigenvalue weighted by molar-refractivity contribution is 0.580. The Labute approximate surface area is 99.8 Å². The lowest BCUT2D eigenvalue weighted by atomic mass is 9.98. The van der Waals surface area contributed by atoms with E-state index in [1.807, 2.05) is 6.26 Å². The third-order valence-corrected chi connectivity index (χ3v) is 4.25. The van der Waals surface area contributed by atoms with E-state index >= 15 is 0 Å². The van der Waals surface area contributed by atoms with Gasteiger partial charge in [0.05, 0.1) is 0 Å². The van der Waals surface area contributed by atoms with Gasteiger partial charge in [-0.25, -0.2) is 18.4 Å². The predicted octanol–water partition coefficient (Wildman–Crippen LogP) is 1.48. The van der Waals surface area contributed by atoms with Crippen LogP contribution in [-0.4, -0.2) is 30.9 Å². The van der Waals surface area contributed by atoms with Crippen LogP contribution in [0.5, 0.6) is 0 Å². The third-order valence-electron chi connectivity index (χ3n) is 2.66. The molecule has 0 radical (unpaired) electrons. The molecule has 0 aromatic carbocycles. The van der Waals surface area contributed by atoms with Crippen molar-refractivity contribution in [1.82, 2.24) is 9.97 Å². The molecule has 0 saturated carbocycles. The molecule has 0 bridgehead atoms. The molecule has 0 N–H and O–H groups in total. The number of fused-ring (bicyclic) bond motifs is 1. The second-order valence-electron chi connectivity index (χ2n) is 3.92. The maximum absolute atomic E-state index is 11.7. The molecule has 0 amide bonds. The smallest absolute Gasteiger partial charge is 0.193 e. The SMILES string of the molecule is CSc1nc2c(c(S(C)(=O)=O)n1)CCCC2. The first-order valence-corrected chi connectivity index (χ1v) is 8.28. The Hall–Kier alpha value is -0.620. The maximum atomic E-state index is 11.7. The quantitative estimate of drug-likeness (QED) is 0.457. The first-order chi connectivity index (χ1) is 7.52. The van der Waals surface area contributed by atoms with E-state index in [0.29, 0.717) is 5.16 Å². The van der Waals surface area contributed by atoms with E-state index in [-0.39, 0.29) is 5.03 Å². The average molecular weight is 258 g/mol. The van der Waals surface area contributed by atoms with Gasteiger partial charge in [-0.2, -0.15) is 0 Å². The summed E-state index contributed by atoms with van der Waals surface area (Å²) in [6.07, 6.45) is 6.84. The molecule has 4 nitrogen and oxygen atoms in total. The van der Waals surface area contributed by atoms with Gasteiger partial charge in [0.25, 0.3) is 0 Å². The van der Waals surface area contributed by atoms with Crippen LogP contribution in [0.3, 0.4) is 0 Å². The van der Waals surface area contributed by atoms with Crippen LogP contribution < -0.4 is 0 Å².